The van der Waals surface area contributed by atoms with Crippen LogP contribution in [0, 0.1) is 0 Å². The van der Waals surface area contributed by atoms with Crippen molar-refractivity contribution in [2.24, 2.45) is 0 Å². The molecule has 1 aliphatic rings. The predicted molar refractivity (Wildman–Crippen MR) is 38.7 cm³/mol. The summed E-state index contributed by atoms with van der Waals surface area (Å²) in [6, 6.07) is 0. The van der Waals surface area contributed by atoms with Crippen molar-refractivity contribution in [3.05, 3.63) is 49.4 Å². The maximum atomic E-state index is 4.89. The van der Waals surface area contributed by atoms with Crippen molar-refractivity contribution in [1.29, 1.82) is 0 Å². The molecule has 1 rings (SSSR count). The van der Waals surface area contributed by atoms with E-state index in [0.717, 1.165) is 0 Å². The molecular weight excluding hydrogens is 128 g/mol. The van der Waals surface area contributed by atoms with Crippen molar-refractivity contribution in [2.45, 2.75) is 0 Å². The van der Waals surface area contributed by atoms with Crippen molar-refractivity contribution >= 4 is 0 Å². The van der Waals surface area contributed by atoms with Crippen molar-refractivity contribution in [1.82, 2.24) is 0 Å². The molecule has 0 bridgehead atoms. The molecule has 0 aliphatic carbocycles. The lowest BCUT2D eigenvalue weighted by atomic mass is 10.6. The van der Waals surface area contributed by atoms with Gasteiger partial charge in [-0.2, -0.15) is 0 Å². The van der Waals surface area contributed by atoms with E-state index >= 15 is 0 Å². The van der Waals surface area contributed by atoms with Crippen molar-refractivity contribution in [3.63, 3.8) is 0 Å². The van der Waals surface area contributed by atoms with Crippen LogP contribution in [0.4, 0.5) is 0 Å². The summed E-state index contributed by atoms with van der Waals surface area (Å²) in [5.41, 5.74) is 0. The van der Waals surface area contributed by atoms with Gasteiger partial charge in [-0.3, -0.25) is 0 Å². The average Bonchev–Trinajstić information content (AvgIpc) is 2.01. The Labute approximate surface area is 59.8 Å². The fourth-order valence-corrected chi connectivity index (χ4v) is 0.454. The van der Waals surface area contributed by atoms with Gasteiger partial charge in [-0.05, 0) is 24.3 Å². The molecule has 0 N–H and O–H groups in total. The van der Waals surface area contributed by atoms with Gasteiger partial charge in [0.1, 0.15) is 0 Å². The molecule has 0 aromatic rings. The fourth-order valence-electron chi connectivity index (χ4n) is 0.454. The lowest BCUT2D eigenvalue weighted by Gasteiger charge is -1.89. The van der Waals surface area contributed by atoms with Crippen LogP contribution in [-0.2, 0) is 9.47 Å². The standard InChI is InChI=1S/C8H8O2/c1-2-6-10-8-4-3-7-9-5-1/h1-8H. The Kier molecular flexibility index (Phi) is 2.96. The first kappa shape index (κ1) is 6.68. The van der Waals surface area contributed by atoms with Crippen molar-refractivity contribution < 1.29 is 9.47 Å². The van der Waals surface area contributed by atoms with E-state index in [0.29, 0.717) is 0 Å². The van der Waals surface area contributed by atoms with E-state index in [1.807, 2.05) is 0 Å². The van der Waals surface area contributed by atoms with Gasteiger partial charge in [0, 0.05) is 0 Å². The van der Waals surface area contributed by atoms with Crippen LogP contribution >= 0.6 is 0 Å². The third-order valence-corrected chi connectivity index (χ3v) is 0.851. The molecule has 0 unspecified atom stereocenters. The van der Waals surface area contributed by atoms with E-state index in [9.17, 15) is 0 Å². The highest BCUT2D eigenvalue weighted by molar-refractivity contribution is 5.02. The number of rotatable bonds is 0. The Balaban J connectivity index is 2.50. The van der Waals surface area contributed by atoms with Crippen LogP contribution in [0.2, 0.25) is 0 Å². The molecule has 0 amide bonds. The number of hydrogen-bond donors (Lipinski definition) is 0. The van der Waals surface area contributed by atoms with Gasteiger partial charge in [0.25, 0.3) is 0 Å². The minimum atomic E-state index is 1.56. The van der Waals surface area contributed by atoms with E-state index in [-0.39, 0.29) is 0 Å². The van der Waals surface area contributed by atoms with E-state index in [4.69, 9.17) is 9.47 Å². The molecule has 10 heavy (non-hydrogen) atoms. The van der Waals surface area contributed by atoms with Crippen LogP contribution in [-0.4, -0.2) is 0 Å². The van der Waals surface area contributed by atoms with Gasteiger partial charge < -0.3 is 9.47 Å². The van der Waals surface area contributed by atoms with E-state index in [2.05, 4.69) is 0 Å². The summed E-state index contributed by atoms with van der Waals surface area (Å²) in [5.74, 6) is 0. The second-order valence-electron chi connectivity index (χ2n) is 1.59. The molecule has 0 fully saturated rings. The maximum Gasteiger partial charge on any atom is 0.0902 e. The second kappa shape index (κ2) is 4.44. The highest BCUT2D eigenvalue weighted by Gasteiger charge is 1.71. The summed E-state index contributed by atoms with van der Waals surface area (Å²) in [5, 5.41) is 0. The smallest absolute Gasteiger partial charge is 0.0902 e. The number of hydrogen-bond acceptors (Lipinski definition) is 2. The van der Waals surface area contributed by atoms with Crippen LogP contribution in [0.1, 0.15) is 0 Å². The van der Waals surface area contributed by atoms with Gasteiger partial charge in [-0.15, -0.1) is 0 Å². The molecule has 0 radical (unpaired) electrons. The molecule has 2 heteroatoms. The minimum absolute atomic E-state index is 1.56. The first-order valence-corrected chi connectivity index (χ1v) is 2.94. The van der Waals surface area contributed by atoms with Crippen LogP contribution in [0.25, 0.3) is 0 Å². The van der Waals surface area contributed by atoms with E-state index in [1.165, 1.54) is 0 Å². The summed E-state index contributed by atoms with van der Waals surface area (Å²) in [7, 11) is 0. The third kappa shape index (κ3) is 2.77. The zero-order valence-corrected chi connectivity index (χ0v) is 5.44. The fraction of sp³-hybridized carbons (Fsp3) is 0. The monoisotopic (exact) mass is 136 g/mol. The molecule has 0 spiro atoms. The summed E-state index contributed by atoms with van der Waals surface area (Å²) in [6.45, 7) is 0. The zero-order valence-electron chi connectivity index (χ0n) is 5.44. The topological polar surface area (TPSA) is 18.5 Å². The van der Waals surface area contributed by atoms with Gasteiger partial charge >= 0.3 is 0 Å². The predicted octanol–water partition coefficient (Wildman–Crippen LogP) is 2.09. The number of ether oxygens (including phenoxy) is 2. The summed E-state index contributed by atoms with van der Waals surface area (Å²) in [4.78, 5) is 0. The quantitative estimate of drug-likeness (QED) is 0.507. The van der Waals surface area contributed by atoms with Gasteiger partial charge in [0.05, 0.1) is 25.0 Å². The van der Waals surface area contributed by atoms with Crippen molar-refractivity contribution in [2.75, 3.05) is 0 Å². The first-order valence-electron chi connectivity index (χ1n) is 2.94. The molecule has 0 aromatic heterocycles. The molecular formula is C8H8O2. The summed E-state index contributed by atoms with van der Waals surface area (Å²) < 4.78 is 9.78. The summed E-state index contributed by atoms with van der Waals surface area (Å²) in [6.07, 6.45) is 13.2. The highest BCUT2D eigenvalue weighted by atomic mass is 16.5. The molecule has 52 valence electrons. The maximum absolute atomic E-state index is 4.89. The van der Waals surface area contributed by atoms with Crippen molar-refractivity contribution in [3.8, 4) is 0 Å². The van der Waals surface area contributed by atoms with Gasteiger partial charge in [0.2, 0.25) is 0 Å². The molecule has 0 saturated heterocycles. The second-order valence-corrected chi connectivity index (χ2v) is 1.59. The Morgan fingerprint density at radius 2 is 0.800 bits per heavy atom. The molecule has 1 heterocycles. The van der Waals surface area contributed by atoms with Gasteiger partial charge in [0.15, 0.2) is 0 Å². The first-order chi connectivity index (χ1) is 5.00. The average molecular weight is 136 g/mol. The molecule has 1 aliphatic heterocycles. The molecule has 0 aromatic carbocycles. The lowest BCUT2D eigenvalue weighted by Crippen LogP contribution is -1.68. The van der Waals surface area contributed by atoms with Crippen LogP contribution in [0.3, 0.4) is 0 Å². The van der Waals surface area contributed by atoms with Crippen LogP contribution in [0.15, 0.2) is 49.4 Å². The minimum Gasteiger partial charge on any atom is -0.473 e. The molecule has 0 atom stereocenters. The van der Waals surface area contributed by atoms with Gasteiger partial charge in [-0.25, -0.2) is 0 Å². The normalized spacial score (nSPS) is 16.0. The number of allylic oxidation sites excluding steroid dienone is 4. The Bertz CT molecular complexity index is 145. The summed E-state index contributed by atoms with van der Waals surface area (Å²) >= 11 is 0. The third-order valence-electron chi connectivity index (χ3n) is 0.851. The zero-order chi connectivity index (χ0) is 7.07. The Morgan fingerprint density at radius 1 is 0.500 bits per heavy atom. The molecule has 2 nitrogen and oxygen atoms in total. The largest absolute Gasteiger partial charge is 0.473 e. The Morgan fingerprint density at radius 3 is 1.10 bits per heavy atom. The van der Waals surface area contributed by atoms with Crippen LogP contribution in [0.5, 0.6) is 0 Å². The lowest BCUT2D eigenvalue weighted by molar-refractivity contribution is 0.392. The Hall–Kier alpha value is -1.44. The van der Waals surface area contributed by atoms with Crippen LogP contribution < -0.4 is 0 Å². The van der Waals surface area contributed by atoms with E-state index < -0.39 is 0 Å². The highest BCUT2D eigenvalue weighted by Crippen LogP contribution is 1.88. The molecule has 0 saturated carbocycles. The van der Waals surface area contributed by atoms with Gasteiger partial charge in [-0.1, -0.05) is 0 Å². The van der Waals surface area contributed by atoms with E-state index in [1.54, 1.807) is 49.4 Å². The SMILES string of the molecule is C1=COC=CC=COC=C1.